The van der Waals surface area contributed by atoms with Crippen molar-refractivity contribution in [3.05, 3.63) is 11.7 Å². The molecular weight excluding hydrogens is 254 g/mol. The Morgan fingerprint density at radius 3 is 2.65 bits per heavy atom. The summed E-state index contributed by atoms with van der Waals surface area (Å²) >= 11 is 0. The van der Waals surface area contributed by atoms with Crippen LogP contribution < -0.4 is 5.32 Å². The van der Waals surface area contributed by atoms with Crippen LogP contribution >= 0.6 is 0 Å². The van der Waals surface area contributed by atoms with Gasteiger partial charge in [-0.1, -0.05) is 30.8 Å². The van der Waals surface area contributed by atoms with E-state index < -0.39 is 0 Å². The average molecular weight is 279 g/mol. The highest BCUT2D eigenvalue weighted by Gasteiger charge is 2.30. The molecule has 0 aromatic carbocycles. The molecule has 1 N–H and O–H groups in total. The maximum absolute atomic E-state index is 5.67. The second-order valence-electron chi connectivity index (χ2n) is 6.05. The van der Waals surface area contributed by atoms with Gasteiger partial charge < -0.3 is 14.6 Å². The number of aromatic nitrogens is 2. The SMILES string of the molecule is COC(c1noc([C@@H]2CCCCN2)n1)C1CCCCC1. The number of nitrogens with one attached hydrogen (secondary N) is 1. The van der Waals surface area contributed by atoms with Crippen molar-refractivity contribution in [1.82, 2.24) is 15.5 Å². The number of rotatable bonds is 4. The number of nitrogens with zero attached hydrogens (tertiary/aromatic N) is 2. The van der Waals surface area contributed by atoms with Gasteiger partial charge in [0.05, 0.1) is 6.04 Å². The molecule has 0 amide bonds. The summed E-state index contributed by atoms with van der Waals surface area (Å²) in [6.07, 6.45) is 9.90. The Bertz CT molecular complexity index is 409. The third kappa shape index (κ3) is 3.04. The van der Waals surface area contributed by atoms with Gasteiger partial charge in [0.2, 0.25) is 11.7 Å². The van der Waals surface area contributed by atoms with Crippen LogP contribution in [0.2, 0.25) is 0 Å². The van der Waals surface area contributed by atoms with E-state index in [-0.39, 0.29) is 12.1 Å². The van der Waals surface area contributed by atoms with Gasteiger partial charge in [-0.3, -0.25) is 0 Å². The summed E-state index contributed by atoms with van der Waals surface area (Å²) in [6, 6.07) is 0.230. The predicted octanol–water partition coefficient (Wildman–Crippen LogP) is 3.15. The predicted molar refractivity (Wildman–Crippen MR) is 75.2 cm³/mol. The van der Waals surface area contributed by atoms with E-state index >= 15 is 0 Å². The van der Waals surface area contributed by atoms with Gasteiger partial charge in [-0.2, -0.15) is 4.98 Å². The second-order valence-corrected chi connectivity index (χ2v) is 6.05. The topological polar surface area (TPSA) is 60.2 Å². The van der Waals surface area contributed by atoms with Gasteiger partial charge in [-0.15, -0.1) is 0 Å². The first kappa shape index (κ1) is 14.0. The zero-order chi connectivity index (χ0) is 13.8. The van der Waals surface area contributed by atoms with Crippen LogP contribution in [0.15, 0.2) is 4.52 Å². The fourth-order valence-corrected chi connectivity index (χ4v) is 3.51. The molecule has 5 heteroatoms. The maximum atomic E-state index is 5.67. The molecule has 1 aliphatic heterocycles. The minimum absolute atomic E-state index is 0.00334. The van der Waals surface area contributed by atoms with Crippen LogP contribution in [0.3, 0.4) is 0 Å². The highest BCUT2D eigenvalue weighted by atomic mass is 16.5. The van der Waals surface area contributed by atoms with Gasteiger partial charge in [0.25, 0.3) is 0 Å². The number of piperidine rings is 1. The normalized spacial score (nSPS) is 26.6. The molecule has 1 aliphatic carbocycles. The molecule has 0 radical (unpaired) electrons. The molecule has 2 aliphatic rings. The zero-order valence-electron chi connectivity index (χ0n) is 12.3. The molecular formula is C15H25N3O2. The molecule has 112 valence electrons. The third-order valence-corrected chi connectivity index (χ3v) is 4.65. The first-order valence-corrected chi connectivity index (χ1v) is 7.98. The van der Waals surface area contributed by atoms with E-state index in [4.69, 9.17) is 9.26 Å². The summed E-state index contributed by atoms with van der Waals surface area (Å²) in [7, 11) is 1.76. The molecule has 1 aromatic rings. The number of hydrogen-bond acceptors (Lipinski definition) is 5. The third-order valence-electron chi connectivity index (χ3n) is 4.65. The van der Waals surface area contributed by atoms with E-state index in [9.17, 15) is 0 Å². The summed E-state index contributed by atoms with van der Waals surface area (Å²) < 4.78 is 11.1. The minimum atomic E-state index is -0.00334. The van der Waals surface area contributed by atoms with Gasteiger partial charge >= 0.3 is 0 Å². The highest BCUT2D eigenvalue weighted by molar-refractivity contribution is 4.99. The van der Waals surface area contributed by atoms with E-state index in [0.717, 1.165) is 24.7 Å². The molecule has 1 aromatic heterocycles. The molecule has 0 spiro atoms. The molecule has 1 saturated heterocycles. The van der Waals surface area contributed by atoms with Gasteiger partial charge in [0.15, 0.2) is 0 Å². The molecule has 1 saturated carbocycles. The van der Waals surface area contributed by atoms with E-state index in [1.165, 1.54) is 44.9 Å². The summed E-state index contributed by atoms with van der Waals surface area (Å²) in [5.41, 5.74) is 0. The summed E-state index contributed by atoms with van der Waals surface area (Å²) in [6.45, 7) is 1.04. The van der Waals surface area contributed by atoms with Crippen molar-refractivity contribution in [1.29, 1.82) is 0 Å². The second kappa shape index (κ2) is 6.68. The largest absolute Gasteiger partial charge is 0.373 e. The molecule has 2 heterocycles. The molecule has 2 atom stereocenters. The fraction of sp³-hybridized carbons (Fsp3) is 0.867. The Morgan fingerprint density at radius 1 is 1.15 bits per heavy atom. The maximum Gasteiger partial charge on any atom is 0.243 e. The van der Waals surface area contributed by atoms with Crippen LogP contribution in [0.25, 0.3) is 0 Å². The molecule has 0 bridgehead atoms. The van der Waals surface area contributed by atoms with Gasteiger partial charge in [0.1, 0.15) is 6.10 Å². The van der Waals surface area contributed by atoms with Crippen LogP contribution in [0, 0.1) is 5.92 Å². The first-order valence-electron chi connectivity index (χ1n) is 7.98. The zero-order valence-corrected chi connectivity index (χ0v) is 12.3. The summed E-state index contributed by atoms with van der Waals surface area (Å²) in [4.78, 5) is 4.62. The van der Waals surface area contributed by atoms with E-state index in [1.807, 2.05) is 0 Å². The van der Waals surface area contributed by atoms with Crippen molar-refractivity contribution >= 4 is 0 Å². The van der Waals surface area contributed by atoms with Gasteiger partial charge in [0, 0.05) is 7.11 Å². The lowest BCUT2D eigenvalue weighted by Crippen LogP contribution is -2.27. The van der Waals surface area contributed by atoms with Crippen molar-refractivity contribution in [2.24, 2.45) is 5.92 Å². The molecule has 1 unspecified atom stereocenters. The molecule has 3 rings (SSSR count). The van der Waals surface area contributed by atoms with E-state index in [2.05, 4.69) is 15.5 Å². The Morgan fingerprint density at radius 2 is 1.95 bits per heavy atom. The van der Waals surface area contributed by atoms with Gasteiger partial charge in [-0.05, 0) is 38.1 Å². The van der Waals surface area contributed by atoms with Crippen molar-refractivity contribution in [2.75, 3.05) is 13.7 Å². The van der Waals surface area contributed by atoms with Crippen LogP contribution in [-0.2, 0) is 4.74 Å². The summed E-state index contributed by atoms with van der Waals surface area (Å²) in [5, 5.41) is 7.63. The van der Waals surface area contributed by atoms with Crippen molar-refractivity contribution < 1.29 is 9.26 Å². The standard InChI is InChI=1S/C15H25N3O2/c1-19-13(11-7-3-2-4-8-11)14-17-15(20-18-14)12-9-5-6-10-16-12/h11-13,16H,2-10H2,1H3/t12-,13?/m0/s1. The van der Waals surface area contributed by atoms with E-state index in [0.29, 0.717) is 5.92 Å². The molecule has 2 fully saturated rings. The van der Waals surface area contributed by atoms with Crippen molar-refractivity contribution in [3.8, 4) is 0 Å². The lowest BCUT2D eigenvalue weighted by molar-refractivity contribution is 0.0273. The Kier molecular flexibility index (Phi) is 4.68. The van der Waals surface area contributed by atoms with Crippen LogP contribution in [0.1, 0.15) is 75.2 Å². The quantitative estimate of drug-likeness (QED) is 0.917. The monoisotopic (exact) mass is 279 g/mol. The first-order chi connectivity index (χ1) is 9.88. The number of methoxy groups -OCH3 is 1. The number of hydrogen-bond donors (Lipinski definition) is 1. The van der Waals surface area contributed by atoms with Crippen LogP contribution in [-0.4, -0.2) is 23.8 Å². The van der Waals surface area contributed by atoms with Crippen LogP contribution in [0.4, 0.5) is 0 Å². The summed E-state index contributed by atoms with van der Waals surface area (Å²) in [5.74, 6) is 2.01. The Balaban J connectivity index is 1.70. The highest BCUT2D eigenvalue weighted by Crippen LogP contribution is 2.35. The molecule has 20 heavy (non-hydrogen) atoms. The smallest absolute Gasteiger partial charge is 0.243 e. The number of ether oxygens (including phenoxy) is 1. The Labute approximate surface area is 120 Å². The minimum Gasteiger partial charge on any atom is -0.373 e. The van der Waals surface area contributed by atoms with E-state index in [1.54, 1.807) is 7.11 Å². The van der Waals surface area contributed by atoms with Crippen molar-refractivity contribution in [3.63, 3.8) is 0 Å². The lowest BCUT2D eigenvalue weighted by atomic mass is 9.85. The fourth-order valence-electron chi connectivity index (χ4n) is 3.51. The Hall–Kier alpha value is -0.940. The lowest BCUT2D eigenvalue weighted by Gasteiger charge is -2.27. The van der Waals surface area contributed by atoms with Crippen LogP contribution in [0.5, 0.6) is 0 Å². The van der Waals surface area contributed by atoms with Gasteiger partial charge in [-0.25, -0.2) is 0 Å². The van der Waals surface area contributed by atoms with Crippen molar-refractivity contribution in [2.45, 2.75) is 63.5 Å². The molecule has 5 nitrogen and oxygen atoms in total. The average Bonchev–Trinajstić information content (AvgIpc) is 3.00.